The Kier molecular flexibility index (Phi) is 4.94. The largest absolute Gasteiger partial charge is 0.483 e. The van der Waals surface area contributed by atoms with Crippen LogP contribution >= 0.6 is 0 Å². The molecule has 0 spiro atoms. The third-order valence-electron chi connectivity index (χ3n) is 2.97. The molecule has 1 aromatic carbocycles. The average Bonchev–Trinajstić information content (AvgIpc) is 2.88. The molecule has 1 amide bonds. The SMILES string of the molecule is CCNCc1ccc(OCC2CNC(=O)O2)c([N+](=O)[O-])c1. The standard InChI is InChI=1S/C13H17N3O5/c1-2-14-6-9-3-4-12(11(5-9)16(18)19)20-8-10-7-15-13(17)21-10/h3-5,10,14H,2,6-8H2,1H3,(H,15,17). The molecule has 1 aromatic rings. The van der Waals surface area contributed by atoms with Crippen molar-refractivity contribution >= 4 is 11.8 Å². The van der Waals surface area contributed by atoms with Gasteiger partial charge in [0.1, 0.15) is 6.61 Å². The van der Waals surface area contributed by atoms with Crippen LogP contribution in [0.5, 0.6) is 5.75 Å². The van der Waals surface area contributed by atoms with Crippen molar-refractivity contribution in [2.45, 2.75) is 19.6 Å². The molecule has 0 aromatic heterocycles. The van der Waals surface area contributed by atoms with Crippen molar-refractivity contribution in [2.24, 2.45) is 0 Å². The summed E-state index contributed by atoms with van der Waals surface area (Å²) in [5.41, 5.74) is 0.715. The third kappa shape index (κ3) is 4.06. The van der Waals surface area contributed by atoms with E-state index < -0.39 is 17.1 Å². The Morgan fingerprint density at radius 1 is 1.57 bits per heavy atom. The number of nitrogens with one attached hydrogen (secondary N) is 2. The van der Waals surface area contributed by atoms with Crippen molar-refractivity contribution in [3.05, 3.63) is 33.9 Å². The number of ether oxygens (including phenoxy) is 2. The van der Waals surface area contributed by atoms with Gasteiger partial charge in [-0.1, -0.05) is 13.0 Å². The number of carbonyl (C=O) groups is 1. The highest BCUT2D eigenvalue weighted by Gasteiger charge is 2.24. The Bertz CT molecular complexity index is 535. The van der Waals surface area contributed by atoms with Crippen LogP contribution < -0.4 is 15.4 Å². The van der Waals surface area contributed by atoms with E-state index in [1.807, 2.05) is 6.92 Å². The first kappa shape index (κ1) is 15.0. The average molecular weight is 295 g/mol. The van der Waals surface area contributed by atoms with Crippen LogP contribution in [0.1, 0.15) is 12.5 Å². The lowest BCUT2D eigenvalue weighted by molar-refractivity contribution is -0.386. The number of hydrogen-bond acceptors (Lipinski definition) is 6. The maximum absolute atomic E-state index is 11.1. The number of rotatable bonds is 7. The van der Waals surface area contributed by atoms with Crippen LogP contribution in [0.2, 0.25) is 0 Å². The number of carbonyl (C=O) groups excluding carboxylic acids is 1. The van der Waals surface area contributed by atoms with Gasteiger partial charge < -0.3 is 20.1 Å². The second-order valence-corrected chi connectivity index (χ2v) is 4.56. The van der Waals surface area contributed by atoms with Gasteiger partial charge in [0.2, 0.25) is 0 Å². The van der Waals surface area contributed by atoms with E-state index in [2.05, 4.69) is 10.6 Å². The van der Waals surface area contributed by atoms with E-state index in [0.717, 1.165) is 12.1 Å². The molecule has 8 nitrogen and oxygen atoms in total. The fourth-order valence-electron chi connectivity index (χ4n) is 1.91. The first-order chi connectivity index (χ1) is 10.1. The molecule has 2 N–H and O–H groups in total. The van der Waals surface area contributed by atoms with Gasteiger partial charge in [-0.25, -0.2) is 4.79 Å². The molecular weight excluding hydrogens is 278 g/mol. The minimum atomic E-state index is -0.501. The topological polar surface area (TPSA) is 103 Å². The number of hydrogen-bond donors (Lipinski definition) is 2. The van der Waals surface area contributed by atoms with E-state index in [4.69, 9.17) is 9.47 Å². The number of cyclic esters (lactones) is 1. The zero-order valence-corrected chi connectivity index (χ0v) is 11.6. The summed E-state index contributed by atoms with van der Waals surface area (Å²) < 4.78 is 10.3. The van der Waals surface area contributed by atoms with Gasteiger partial charge in [0.05, 0.1) is 11.5 Å². The van der Waals surface area contributed by atoms with Crippen LogP contribution in [0.3, 0.4) is 0 Å². The molecule has 21 heavy (non-hydrogen) atoms. The third-order valence-corrected chi connectivity index (χ3v) is 2.97. The second-order valence-electron chi connectivity index (χ2n) is 4.56. The Labute approximate surface area is 121 Å². The molecule has 1 atom stereocenters. The fourth-order valence-corrected chi connectivity index (χ4v) is 1.91. The lowest BCUT2D eigenvalue weighted by Gasteiger charge is -2.11. The van der Waals surface area contributed by atoms with Crippen LogP contribution in [0.15, 0.2) is 18.2 Å². The van der Waals surface area contributed by atoms with Crippen molar-refractivity contribution in [3.63, 3.8) is 0 Å². The van der Waals surface area contributed by atoms with E-state index >= 15 is 0 Å². The quantitative estimate of drug-likeness (QED) is 0.578. The summed E-state index contributed by atoms with van der Waals surface area (Å²) in [6, 6.07) is 4.82. The summed E-state index contributed by atoms with van der Waals surface area (Å²) in [5.74, 6) is 0.170. The van der Waals surface area contributed by atoms with Gasteiger partial charge in [0.25, 0.3) is 0 Å². The number of benzene rings is 1. The summed E-state index contributed by atoms with van der Waals surface area (Å²) in [4.78, 5) is 21.5. The molecule has 1 saturated heterocycles. The summed E-state index contributed by atoms with van der Waals surface area (Å²) in [6.45, 7) is 3.72. The molecule has 2 rings (SSSR count). The summed E-state index contributed by atoms with van der Waals surface area (Å²) in [6.07, 6.45) is -0.933. The van der Waals surface area contributed by atoms with Crippen LogP contribution in [-0.2, 0) is 11.3 Å². The predicted octanol–water partition coefficient (Wildman–Crippen LogP) is 1.19. The zero-order chi connectivity index (χ0) is 15.2. The number of nitro groups is 1. The van der Waals surface area contributed by atoms with Crippen LogP contribution in [-0.4, -0.2) is 36.8 Å². The summed E-state index contributed by atoms with van der Waals surface area (Å²) in [7, 11) is 0. The Hall–Kier alpha value is -2.35. The normalized spacial score (nSPS) is 17.2. The smallest absolute Gasteiger partial charge is 0.407 e. The molecule has 0 bridgehead atoms. The van der Waals surface area contributed by atoms with Crippen molar-refractivity contribution in [3.8, 4) is 5.75 Å². The number of alkyl carbamates (subject to hydrolysis) is 1. The van der Waals surface area contributed by atoms with Gasteiger partial charge in [0, 0.05) is 12.6 Å². The van der Waals surface area contributed by atoms with Gasteiger partial charge in [-0.3, -0.25) is 10.1 Å². The van der Waals surface area contributed by atoms with Gasteiger partial charge >= 0.3 is 11.8 Å². The second kappa shape index (κ2) is 6.89. The minimum absolute atomic E-state index is 0.0755. The van der Waals surface area contributed by atoms with E-state index in [1.165, 1.54) is 6.07 Å². The number of amides is 1. The maximum Gasteiger partial charge on any atom is 0.407 e. The molecule has 114 valence electrons. The highest BCUT2D eigenvalue weighted by molar-refractivity contribution is 5.69. The lowest BCUT2D eigenvalue weighted by Crippen LogP contribution is -2.22. The Morgan fingerprint density at radius 2 is 2.38 bits per heavy atom. The number of nitrogens with zero attached hydrogens (tertiary/aromatic N) is 1. The molecule has 1 unspecified atom stereocenters. The highest BCUT2D eigenvalue weighted by atomic mass is 16.6. The van der Waals surface area contributed by atoms with Gasteiger partial charge in [-0.2, -0.15) is 0 Å². The lowest BCUT2D eigenvalue weighted by atomic mass is 10.2. The predicted molar refractivity (Wildman–Crippen MR) is 74.2 cm³/mol. The Balaban J connectivity index is 2.03. The van der Waals surface area contributed by atoms with Gasteiger partial charge in [0.15, 0.2) is 11.9 Å². The molecule has 1 heterocycles. The van der Waals surface area contributed by atoms with Crippen molar-refractivity contribution in [1.29, 1.82) is 0 Å². The van der Waals surface area contributed by atoms with E-state index in [9.17, 15) is 14.9 Å². The van der Waals surface area contributed by atoms with Crippen molar-refractivity contribution in [1.82, 2.24) is 10.6 Å². The maximum atomic E-state index is 11.1. The molecule has 1 aliphatic rings. The molecule has 1 fully saturated rings. The van der Waals surface area contributed by atoms with Crippen LogP contribution in [0, 0.1) is 10.1 Å². The van der Waals surface area contributed by atoms with Gasteiger partial charge in [-0.05, 0) is 18.2 Å². The Morgan fingerprint density at radius 3 is 3.00 bits per heavy atom. The van der Waals surface area contributed by atoms with Crippen LogP contribution in [0.4, 0.5) is 10.5 Å². The fraction of sp³-hybridized carbons (Fsp3) is 0.462. The zero-order valence-electron chi connectivity index (χ0n) is 11.6. The molecular formula is C13H17N3O5. The van der Waals surface area contributed by atoms with Crippen molar-refractivity contribution < 1.29 is 19.2 Å². The van der Waals surface area contributed by atoms with Crippen molar-refractivity contribution in [2.75, 3.05) is 19.7 Å². The van der Waals surface area contributed by atoms with Gasteiger partial charge in [-0.15, -0.1) is 0 Å². The molecule has 1 aliphatic heterocycles. The molecule has 0 aliphatic carbocycles. The first-order valence-corrected chi connectivity index (χ1v) is 6.65. The number of nitro benzene ring substituents is 1. The minimum Gasteiger partial charge on any atom is -0.483 e. The highest BCUT2D eigenvalue weighted by Crippen LogP contribution is 2.28. The van der Waals surface area contributed by atoms with E-state index in [0.29, 0.717) is 13.1 Å². The summed E-state index contributed by atoms with van der Waals surface area (Å²) in [5, 5.41) is 16.7. The molecule has 0 saturated carbocycles. The summed E-state index contributed by atoms with van der Waals surface area (Å²) >= 11 is 0. The first-order valence-electron chi connectivity index (χ1n) is 6.65. The van der Waals surface area contributed by atoms with Crippen LogP contribution in [0.25, 0.3) is 0 Å². The monoisotopic (exact) mass is 295 g/mol. The molecule has 8 heteroatoms. The van der Waals surface area contributed by atoms with E-state index in [-0.39, 0.29) is 18.0 Å². The van der Waals surface area contributed by atoms with E-state index in [1.54, 1.807) is 12.1 Å². The molecule has 0 radical (unpaired) electrons.